The van der Waals surface area contributed by atoms with Crippen molar-refractivity contribution in [1.29, 1.82) is 0 Å². The Bertz CT molecular complexity index is 577. The van der Waals surface area contributed by atoms with E-state index in [0.717, 1.165) is 43.5 Å². The molecule has 0 saturated heterocycles. The third-order valence-corrected chi connectivity index (χ3v) is 5.77. The van der Waals surface area contributed by atoms with Crippen molar-refractivity contribution in [2.75, 3.05) is 13.2 Å². The molecule has 3 unspecified atom stereocenters. The van der Waals surface area contributed by atoms with E-state index in [4.69, 9.17) is 12.7 Å². The zero-order valence-electron chi connectivity index (χ0n) is 15.2. The number of nitrogens with one attached hydrogen (secondary N) is 1. The van der Waals surface area contributed by atoms with Gasteiger partial charge in [-0.1, -0.05) is 37.8 Å². The summed E-state index contributed by atoms with van der Waals surface area (Å²) < 4.78 is 6.86. The highest BCUT2D eigenvalue weighted by molar-refractivity contribution is 6.06. The fourth-order valence-electron chi connectivity index (χ4n) is 4.18. The van der Waals surface area contributed by atoms with Crippen LogP contribution in [0.2, 0.25) is 0 Å². The van der Waals surface area contributed by atoms with Crippen molar-refractivity contribution >= 4 is 14.1 Å². The molecule has 25 heavy (non-hydrogen) atoms. The molecular formula is C18H29BN4O2. The highest BCUT2D eigenvalue weighted by Gasteiger charge is 2.50. The van der Waals surface area contributed by atoms with Gasteiger partial charge in [0.05, 0.1) is 12.3 Å². The summed E-state index contributed by atoms with van der Waals surface area (Å²) in [6, 6.07) is 0. The number of fused-ring (bicyclic) bond motifs is 2. The van der Waals surface area contributed by atoms with E-state index in [1.54, 1.807) is 0 Å². The lowest BCUT2D eigenvalue weighted by atomic mass is 10.0. The molecule has 1 saturated carbocycles. The van der Waals surface area contributed by atoms with E-state index in [2.05, 4.69) is 22.6 Å². The van der Waals surface area contributed by atoms with Crippen LogP contribution in [0.3, 0.4) is 0 Å². The maximum absolute atomic E-state index is 11.8. The van der Waals surface area contributed by atoms with Crippen molar-refractivity contribution in [2.24, 2.45) is 17.8 Å². The summed E-state index contributed by atoms with van der Waals surface area (Å²) in [6.45, 7) is 3.46. The Morgan fingerprint density at radius 2 is 2.00 bits per heavy atom. The second kappa shape index (κ2) is 8.72. The number of amides is 1. The minimum atomic E-state index is -0.266. The van der Waals surface area contributed by atoms with Crippen LogP contribution in [0.1, 0.15) is 63.3 Å². The standard InChI is InChI=1S/C18H29BN4O2/c1-2-3-4-5-6-11-20-18(24)25-12-15-13-7-9-16-17(10-8-14(13)15)23(19)22-21-16/h13-15H,2-12H2,1H3,(H,20,24). The summed E-state index contributed by atoms with van der Waals surface area (Å²) in [5.74, 6) is 1.79. The van der Waals surface area contributed by atoms with Gasteiger partial charge >= 0.3 is 6.09 Å². The average molecular weight is 344 g/mol. The number of hydrogen-bond acceptors (Lipinski definition) is 4. The van der Waals surface area contributed by atoms with E-state index < -0.39 is 0 Å². The number of aryl methyl sites for hydroxylation is 1. The zero-order chi connectivity index (χ0) is 17.6. The van der Waals surface area contributed by atoms with Gasteiger partial charge in [-0.2, -0.15) is 0 Å². The van der Waals surface area contributed by atoms with Gasteiger partial charge in [0.25, 0.3) is 7.98 Å². The number of carbonyl (C=O) groups excluding carboxylic acids is 1. The summed E-state index contributed by atoms with van der Waals surface area (Å²) in [7, 11) is 5.82. The maximum Gasteiger partial charge on any atom is 0.407 e. The minimum absolute atomic E-state index is 0.266. The predicted octanol–water partition coefficient (Wildman–Crippen LogP) is 2.65. The second-order valence-electron chi connectivity index (χ2n) is 7.44. The lowest BCUT2D eigenvalue weighted by molar-refractivity contribution is 0.137. The van der Waals surface area contributed by atoms with Gasteiger partial charge in [-0.15, -0.1) is 5.10 Å². The maximum atomic E-state index is 11.8. The molecule has 7 heteroatoms. The molecule has 1 N–H and O–H groups in total. The van der Waals surface area contributed by atoms with Gasteiger partial charge in [0.1, 0.15) is 0 Å². The topological polar surface area (TPSA) is 69.0 Å². The van der Waals surface area contributed by atoms with Gasteiger partial charge < -0.3 is 14.6 Å². The van der Waals surface area contributed by atoms with Crippen LogP contribution in [0.4, 0.5) is 4.79 Å². The summed E-state index contributed by atoms with van der Waals surface area (Å²) in [4.78, 5) is 11.8. The van der Waals surface area contributed by atoms with E-state index in [1.807, 2.05) is 0 Å². The molecule has 6 nitrogen and oxygen atoms in total. The zero-order valence-corrected chi connectivity index (χ0v) is 15.2. The van der Waals surface area contributed by atoms with Crippen molar-refractivity contribution in [3.05, 3.63) is 11.4 Å². The Balaban J connectivity index is 1.32. The first-order valence-electron chi connectivity index (χ1n) is 9.79. The fourth-order valence-corrected chi connectivity index (χ4v) is 4.18. The Hall–Kier alpha value is -1.53. The van der Waals surface area contributed by atoms with Crippen LogP contribution in [-0.2, 0) is 17.6 Å². The predicted molar refractivity (Wildman–Crippen MR) is 96.4 cm³/mol. The van der Waals surface area contributed by atoms with Crippen LogP contribution in [0.15, 0.2) is 0 Å². The van der Waals surface area contributed by atoms with Crippen molar-refractivity contribution < 1.29 is 9.53 Å². The molecule has 2 aliphatic carbocycles. The van der Waals surface area contributed by atoms with Crippen molar-refractivity contribution in [1.82, 2.24) is 20.2 Å². The normalized spacial score (nSPS) is 24.6. The van der Waals surface area contributed by atoms with Gasteiger partial charge in [-0.25, -0.2) is 4.79 Å². The van der Waals surface area contributed by atoms with Crippen LogP contribution in [-0.4, -0.2) is 42.1 Å². The van der Waals surface area contributed by atoms with Crippen LogP contribution < -0.4 is 5.32 Å². The average Bonchev–Trinajstić information content (AvgIpc) is 3.13. The van der Waals surface area contributed by atoms with Gasteiger partial charge in [0.15, 0.2) is 0 Å². The SMILES string of the molecule is [B]n1nnc2c1CCC1C(CC2)C1COC(=O)NCCCCCCC. The molecule has 0 bridgehead atoms. The molecule has 1 heterocycles. The summed E-state index contributed by atoms with van der Waals surface area (Å²) in [6.07, 6.45) is 9.71. The minimum Gasteiger partial charge on any atom is -0.449 e. The molecule has 1 amide bonds. The lowest BCUT2D eigenvalue weighted by Crippen LogP contribution is -2.26. The molecule has 0 aliphatic heterocycles. The smallest absolute Gasteiger partial charge is 0.407 e. The van der Waals surface area contributed by atoms with Crippen molar-refractivity contribution in [2.45, 2.75) is 64.7 Å². The Kier molecular flexibility index (Phi) is 6.37. The van der Waals surface area contributed by atoms with E-state index >= 15 is 0 Å². The van der Waals surface area contributed by atoms with Gasteiger partial charge in [0.2, 0.25) is 0 Å². The van der Waals surface area contributed by atoms with Crippen molar-refractivity contribution in [3.63, 3.8) is 0 Å². The first-order valence-corrected chi connectivity index (χ1v) is 9.79. The largest absolute Gasteiger partial charge is 0.449 e. The number of rotatable bonds is 8. The third-order valence-electron chi connectivity index (χ3n) is 5.77. The van der Waals surface area contributed by atoms with Crippen LogP contribution in [0.25, 0.3) is 0 Å². The molecule has 2 radical (unpaired) electrons. The quantitative estimate of drug-likeness (QED) is 0.581. The Labute approximate surface area is 151 Å². The number of hydrogen-bond donors (Lipinski definition) is 1. The van der Waals surface area contributed by atoms with Gasteiger partial charge in [-0.05, 0) is 49.9 Å². The number of aromatic nitrogens is 3. The van der Waals surface area contributed by atoms with E-state index in [9.17, 15) is 4.79 Å². The van der Waals surface area contributed by atoms with E-state index in [-0.39, 0.29) is 6.09 Å². The third kappa shape index (κ3) is 4.76. The van der Waals surface area contributed by atoms with Crippen molar-refractivity contribution in [3.8, 4) is 0 Å². The molecule has 1 aromatic heterocycles. The Morgan fingerprint density at radius 1 is 1.24 bits per heavy atom. The fraction of sp³-hybridized carbons (Fsp3) is 0.833. The molecule has 1 aromatic rings. The highest BCUT2D eigenvalue weighted by Crippen LogP contribution is 2.52. The number of ether oxygens (including phenoxy) is 1. The number of carbonyl (C=O) groups is 1. The molecule has 1 fully saturated rings. The van der Waals surface area contributed by atoms with Crippen LogP contribution in [0.5, 0.6) is 0 Å². The molecule has 0 aromatic carbocycles. The molecule has 136 valence electrons. The van der Waals surface area contributed by atoms with Gasteiger partial charge in [0, 0.05) is 12.2 Å². The molecule has 3 rings (SSSR count). The number of alkyl carbamates (subject to hydrolysis) is 1. The lowest BCUT2D eigenvalue weighted by Gasteiger charge is -2.08. The summed E-state index contributed by atoms with van der Waals surface area (Å²) >= 11 is 0. The molecule has 2 aliphatic rings. The highest BCUT2D eigenvalue weighted by atomic mass is 16.5. The van der Waals surface area contributed by atoms with Crippen LogP contribution in [0, 0.1) is 17.8 Å². The number of unbranched alkanes of at least 4 members (excludes halogenated alkanes) is 4. The van der Waals surface area contributed by atoms with E-state index in [1.165, 1.54) is 30.3 Å². The molecule has 0 spiro atoms. The molecule has 3 atom stereocenters. The van der Waals surface area contributed by atoms with Gasteiger partial charge in [-0.3, -0.25) is 0 Å². The van der Waals surface area contributed by atoms with Crippen LogP contribution >= 0.6 is 0 Å². The summed E-state index contributed by atoms with van der Waals surface area (Å²) in [5, 5.41) is 10.9. The van der Waals surface area contributed by atoms with E-state index in [0.29, 0.717) is 30.9 Å². The molecular weight excluding hydrogens is 315 g/mol. The monoisotopic (exact) mass is 344 g/mol. The first-order chi connectivity index (χ1) is 12.2. The second-order valence-corrected chi connectivity index (χ2v) is 7.44. The first kappa shape index (κ1) is 18.3. The Morgan fingerprint density at radius 3 is 2.80 bits per heavy atom. The summed E-state index contributed by atoms with van der Waals surface area (Å²) in [5.41, 5.74) is 2.10. The number of nitrogens with zero attached hydrogens (tertiary/aromatic N) is 3.